The lowest BCUT2D eigenvalue weighted by Crippen LogP contribution is -2.15. The summed E-state index contributed by atoms with van der Waals surface area (Å²) in [5.41, 5.74) is 7.75. The van der Waals surface area contributed by atoms with Crippen LogP contribution in [-0.2, 0) is 9.47 Å². The molecule has 0 aromatic carbocycles. The molecule has 0 aliphatic carbocycles. The van der Waals surface area contributed by atoms with Crippen molar-refractivity contribution in [2.24, 2.45) is 11.7 Å². The summed E-state index contributed by atoms with van der Waals surface area (Å²) in [4.78, 5) is 16.6. The summed E-state index contributed by atoms with van der Waals surface area (Å²) in [6.07, 6.45) is 7.63. The summed E-state index contributed by atoms with van der Waals surface area (Å²) in [7, 11) is 0. The Morgan fingerprint density at radius 1 is 1.23 bits per heavy atom. The first kappa shape index (κ1) is 17.3. The van der Waals surface area contributed by atoms with E-state index in [0.29, 0.717) is 29.8 Å². The second-order valence-corrected chi connectivity index (χ2v) is 7.10. The van der Waals surface area contributed by atoms with Gasteiger partial charge >= 0.3 is 0 Å². The van der Waals surface area contributed by atoms with Gasteiger partial charge in [0.15, 0.2) is 0 Å². The van der Waals surface area contributed by atoms with Crippen LogP contribution in [0.15, 0.2) is 18.5 Å². The largest absolute Gasteiger partial charge is 0.493 e. The van der Waals surface area contributed by atoms with Gasteiger partial charge in [-0.05, 0) is 31.6 Å². The van der Waals surface area contributed by atoms with Crippen LogP contribution in [-0.4, -0.2) is 48.3 Å². The number of imidazole rings is 1. The van der Waals surface area contributed by atoms with Gasteiger partial charge in [-0.3, -0.25) is 4.79 Å². The van der Waals surface area contributed by atoms with Crippen molar-refractivity contribution in [1.82, 2.24) is 9.38 Å². The molecule has 0 radical (unpaired) electrons. The topological polar surface area (TPSA) is 88.1 Å². The Hall–Kier alpha value is -2.12. The molecule has 0 saturated carbocycles. The number of carbonyl (C=O) groups excluding carboxylic acids is 1. The first-order valence-electron chi connectivity index (χ1n) is 9.31. The van der Waals surface area contributed by atoms with Gasteiger partial charge in [-0.1, -0.05) is 0 Å². The molecule has 1 unspecified atom stereocenters. The molecule has 1 amide bonds. The first-order valence-corrected chi connectivity index (χ1v) is 9.31. The van der Waals surface area contributed by atoms with E-state index in [2.05, 4.69) is 0 Å². The van der Waals surface area contributed by atoms with Crippen LogP contribution in [0.3, 0.4) is 0 Å². The highest BCUT2D eigenvalue weighted by Gasteiger charge is 2.21. The Bertz CT molecular complexity index is 776. The van der Waals surface area contributed by atoms with Gasteiger partial charge in [-0.25, -0.2) is 4.98 Å². The van der Waals surface area contributed by atoms with E-state index in [4.69, 9.17) is 24.9 Å². The van der Waals surface area contributed by atoms with Gasteiger partial charge in [0.25, 0.3) is 5.91 Å². The maximum absolute atomic E-state index is 11.9. The normalized spacial score (nSPS) is 21.3. The average Bonchev–Trinajstić information content (AvgIpc) is 3.30. The minimum absolute atomic E-state index is 0.385. The van der Waals surface area contributed by atoms with E-state index in [-0.39, 0.29) is 0 Å². The molecule has 2 aromatic heterocycles. The number of fused-ring (bicyclic) bond motifs is 1. The Kier molecular flexibility index (Phi) is 5.08. The maximum atomic E-state index is 11.9. The van der Waals surface area contributed by atoms with Crippen LogP contribution in [0, 0.1) is 5.92 Å². The number of rotatable bonds is 6. The third-order valence-electron chi connectivity index (χ3n) is 5.29. The highest BCUT2D eigenvalue weighted by Crippen LogP contribution is 2.28. The molecule has 2 aliphatic rings. The predicted octanol–water partition coefficient (Wildman–Crippen LogP) is 2.13. The van der Waals surface area contributed by atoms with Crippen molar-refractivity contribution in [2.75, 3.05) is 33.0 Å². The van der Waals surface area contributed by atoms with Gasteiger partial charge in [0.05, 0.1) is 17.9 Å². The molecule has 2 aliphatic heterocycles. The zero-order valence-corrected chi connectivity index (χ0v) is 14.9. The summed E-state index contributed by atoms with van der Waals surface area (Å²) >= 11 is 0. The zero-order chi connectivity index (χ0) is 17.9. The van der Waals surface area contributed by atoms with Crippen LogP contribution in [0.2, 0.25) is 0 Å². The van der Waals surface area contributed by atoms with Crippen LogP contribution in [0.4, 0.5) is 0 Å². The van der Waals surface area contributed by atoms with Crippen molar-refractivity contribution >= 4 is 11.6 Å². The Balaban J connectivity index is 1.54. The van der Waals surface area contributed by atoms with Crippen molar-refractivity contribution in [1.29, 1.82) is 0 Å². The van der Waals surface area contributed by atoms with Gasteiger partial charge < -0.3 is 24.3 Å². The fourth-order valence-electron chi connectivity index (χ4n) is 3.68. The highest BCUT2D eigenvalue weighted by molar-refractivity contribution is 5.95. The SMILES string of the molecule is NC(=O)c1cn2cc(C3CCOCC3)nc2cc1OCCC1CCOC1. The first-order chi connectivity index (χ1) is 12.7. The lowest BCUT2D eigenvalue weighted by Gasteiger charge is -2.19. The summed E-state index contributed by atoms with van der Waals surface area (Å²) in [5, 5.41) is 0. The smallest absolute Gasteiger partial charge is 0.253 e. The number of ether oxygens (including phenoxy) is 3. The second kappa shape index (κ2) is 7.63. The minimum atomic E-state index is -0.493. The van der Waals surface area contributed by atoms with E-state index >= 15 is 0 Å². The molecule has 4 heterocycles. The lowest BCUT2D eigenvalue weighted by atomic mass is 9.97. The van der Waals surface area contributed by atoms with Crippen LogP contribution >= 0.6 is 0 Å². The minimum Gasteiger partial charge on any atom is -0.493 e. The summed E-state index contributed by atoms with van der Waals surface area (Å²) in [5.74, 6) is 0.940. The van der Waals surface area contributed by atoms with Gasteiger partial charge in [0.2, 0.25) is 0 Å². The van der Waals surface area contributed by atoms with Crippen LogP contribution in [0.25, 0.3) is 5.65 Å². The number of amides is 1. The number of carbonyl (C=O) groups is 1. The second-order valence-electron chi connectivity index (χ2n) is 7.10. The van der Waals surface area contributed by atoms with E-state index in [1.807, 2.05) is 16.7 Å². The van der Waals surface area contributed by atoms with Crippen molar-refractivity contribution in [3.63, 3.8) is 0 Å². The molecule has 26 heavy (non-hydrogen) atoms. The summed E-state index contributed by atoms with van der Waals surface area (Å²) in [6, 6.07) is 1.81. The molecule has 0 spiro atoms. The summed E-state index contributed by atoms with van der Waals surface area (Å²) in [6.45, 7) is 3.69. The van der Waals surface area contributed by atoms with Gasteiger partial charge in [-0.2, -0.15) is 0 Å². The van der Waals surface area contributed by atoms with Crippen molar-refractivity contribution in [3.8, 4) is 5.75 Å². The van der Waals surface area contributed by atoms with E-state index in [0.717, 1.165) is 63.5 Å². The molecule has 7 nitrogen and oxygen atoms in total. The van der Waals surface area contributed by atoms with Crippen molar-refractivity contribution in [2.45, 2.75) is 31.6 Å². The van der Waals surface area contributed by atoms with Gasteiger partial charge in [0, 0.05) is 50.8 Å². The maximum Gasteiger partial charge on any atom is 0.253 e. The highest BCUT2D eigenvalue weighted by atomic mass is 16.5. The molecule has 2 saturated heterocycles. The van der Waals surface area contributed by atoms with Crippen LogP contribution in [0.1, 0.15) is 47.7 Å². The molecule has 140 valence electrons. The Morgan fingerprint density at radius 3 is 2.77 bits per heavy atom. The monoisotopic (exact) mass is 359 g/mol. The summed E-state index contributed by atoms with van der Waals surface area (Å²) < 4.78 is 18.6. The molecule has 7 heteroatoms. The third kappa shape index (κ3) is 3.68. The third-order valence-corrected chi connectivity index (χ3v) is 5.29. The molecule has 0 bridgehead atoms. The molecular formula is C19H25N3O4. The average molecular weight is 359 g/mol. The molecule has 1 atom stereocenters. The number of hydrogen-bond donors (Lipinski definition) is 1. The molecule has 4 rings (SSSR count). The van der Waals surface area contributed by atoms with Gasteiger partial charge in [0.1, 0.15) is 11.4 Å². The standard InChI is InChI=1S/C19H25N3O4/c20-19(23)15-10-22-11-16(14-3-6-24-7-4-14)21-18(22)9-17(15)26-8-2-13-1-5-25-12-13/h9-11,13-14H,1-8,12H2,(H2,20,23). The lowest BCUT2D eigenvalue weighted by molar-refractivity contribution is 0.0846. The van der Waals surface area contributed by atoms with Crippen LogP contribution in [0.5, 0.6) is 5.75 Å². The number of primary amides is 1. The van der Waals surface area contributed by atoms with Crippen molar-refractivity contribution < 1.29 is 19.0 Å². The zero-order valence-electron chi connectivity index (χ0n) is 14.9. The van der Waals surface area contributed by atoms with Gasteiger partial charge in [-0.15, -0.1) is 0 Å². The quantitative estimate of drug-likeness (QED) is 0.854. The predicted molar refractivity (Wildman–Crippen MR) is 95.5 cm³/mol. The molecular weight excluding hydrogens is 334 g/mol. The van der Waals surface area contributed by atoms with E-state index in [1.54, 1.807) is 6.20 Å². The van der Waals surface area contributed by atoms with E-state index in [9.17, 15) is 4.79 Å². The fraction of sp³-hybridized carbons (Fsp3) is 0.579. The number of hydrogen-bond acceptors (Lipinski definition) is 5. The molecule has 2 N–H and O–H groups in total. The number of nitrogens with zero attached hydrogens (tertiary/aromatic N) is 2. The number of aromatic nitrogens is 2. The Labute approximate surface area is 152 Å². The fourth-order valence-corrected chi connectivity index (χ4v) is 3.68. The Morgan fingerprint density at radius 2 is 2.04 bits per heavy atom. The van der Waals surface area contributed by atoms with Crippen molar-refractivity contribution in [3.05, 3.63) is 29.7 Å². The van der Waals surface area contributed by atoms with E-state index in [1.165, 1.54) is 0 Å². The molecule has 2 fully saturated rings. The van der Waals surface area contributed by atoms with Crippen LogP contribution < -0.4 is 10.5 Å². The number of nitrogens with two attached hydrogens (primary N) is 1. The number of pyridine rings is 1. The van der Waals surface area contributed by atoms with E-state index < -0.39 is 5.91 Å². The molecule has 2 aromatic rings.